The van der Waals surface area contributed by atoms with Crippen molar-refractivity contribution in [3.05, 3.63) is 48.2 Å². The Bertz CT molecular complexity index is 816. The number of phenolic OH excluding ortho intramolecular Hbond substituents is 1. The van der Waals surface area contributed by atoms with Crippen LogP contribution in [0.3, 0.4) is 0 Å². The van der Waals surface area contributed by atoms with Crippen LogP contribution in [-0.2, 0) is 19.1 Å². The molecule has 6 nitrogen and oxygen atoms in total. The second-order valence-corrected chi connectivity index (χ2v) is 5.56. The molecule has 3 rings (SSSR count). The number of rotatable bonds is 2. The van der Waals surface area contributed by atoms with Crippen molar-refractivity contribution in [2.24, 2.45) is 0 Å². The van der Waals surface area contributed by atoms with Gasteiger partial charge in [-0.15, -0.1) is 0 Å². The fourth-order valence-corrected chi connectivity index (χ4v) is 2.33. The van der Waals surface area contributed by atoms with E-state index in [1.807, 2.05) is 24.3 Å². The standard InChI is InChI=1S/C17H15NO5/c1-17(2)22-15(20)12(16(21)23-17)9-18-14-11-6-4-3-5-10(11)7-8-13(14)19/h3-9,18-19H,1-2H3. The summed E-state index contributed by atoms with van der Waals surface area (Å²) in [6, 6.07) is 10.7. The monoisotopic (exact) mass is 313 g/mol. The van der Waals surface area contributed by atoms with E-state index >= 15 is 0 Å². The third-order valence-electron chi connectivity index (χ3n) is 3.38. The summed E-state index contributed by atoms with van der Waals surface area (Å²) in [6.07, 6.45) is 1.18. The maximum Gasteiger partial charge on any atom is 0.350 e. The first-order valence-electron chi connectivity index (χ1n) is 7.01. The Morgan fingerprint density at radius 1 is 1.04 bits per heavy atom. The first-order valence-corrected chi connectivity index (χ1v) is 7.01. The Balaban J connectivity index is 1.96. The van der Waals surface area contributed by atoms with Gasteiger partial charge in [-0.05, 0) is 11.5 Å². The molecule has 1 fully saturated rings. The average Bonchev–Trinajstić information content (AvgIpc) is 2.47. The van der Waals surface area contributed by atoms with Crippen molar-refractivity contribution in [1.82, 2.24) is 0 Å². The third kappa shape index (κ3) is 2.83. The number of anilines is 1. The summed E-state index contributed by atoms with van der Waals surface area (Å²) in [6.45, 7) is 2.95. The molecular formula is C17H15NO5. The van der Waals surface area contributed by atoms with Gasteiger partial charge in [-0.3, -0.25) is 0 Å². The number of benzene rings is 2. The minimum absolute atomic E-state index is 0.00146. The zero-order valence-electron chi connectivity index (χ0n) is 12.6. The lowest BCUT2D eigenvalue weighted by Crippen LogP contribution is -2.42. The second-order valence-electron chi connectivity index (χ2n) is 5.56. The summed E-state index contributed by atoms with van der Waals surface area (Å²) >= 11 is 0. The van der Waals surface area contributed by atoms with E-state index in [0.717, 1.165) is 10.8 Å². The minimum atomic E-state index is -1.28. The van der Waals surface area contributed by atoms with E-state index in [2.05, 4.69) is 5.32 Å². The fraction of sp³-hybridized carbons (Fsp3) is 0.176. The highest BCUT2D eigenvalue weighted by Gasteiger charge is 2.39. The van der Waals surface area contributed by atoms with Crippen LogP contribution in [0.4, 0.5) is 5.69 Å². The Labute approximate surface area is 132 Å². The van der Waals surface area contributed by atoms with Crippen LogP contribution in [0.5, 0.6) is 5.75 Å². The number of cyclic esters (lactones) is 2. The number of ether oxygens (including phenoxy) is 2. The Morgan fingerprint density at radius 2 is 1.70 bits per heavy atom. The van der Waals surface area contributed by atoms with Gasteiger partial charge < -0.3 is 19.9 Å². The highest BCUT2D eigenvalue weighted by molar-refractivity contribution is 6.15. The first-order chi connectivity index (χ1) is 10.9. The number of carbonyl (C=O) groups is 2. The van der Waals surface area contributed by atoms with E-state index in [0.29, 0.717) is 5.69 Å². The highest BCUT2D eigenvalue weighted by atomic mass is 16.7. The van der Waals surface area contributed by atoms with Crippen LogP contribution < -0.4 is 5.32 Å². The maximum absolute atomic E-state index is 11.9. The van der Waals surface area contributed by atoms with E-state index in [4.69, 9.17) is 9.47 Å². The molecule has 6 heteroatoms. The molecule has 0 unspecified atom stereocenters. The van der Waals surface area contributed by atoms with Crippen LogP contribution in [0, 0.1) is 0 Å². The molecule has 0 aliphatic carbocycles. The molecule has 2 aromatic carbocycles. The van der Waals surface area contributed by atoms with Gasteiger partial charge in [0, 0.05) is 25.4 Å². The van der Waals surface area contributed by atoms with Crippen molar-refractivity contribution >= 4 is 28.4 Å². The molecule has 0 atom stereocenters. The second kappa shape index (κ2) is 5.31. The number of fused-ring (bicyclic) bond motifs is 1. The maximum atomic E-state index is 11.9. The van der Waals surface area contributed by atoms with Gasteiger partial charge in [0.1, 0.15) is 5.75 Å². The van der Waals surface area contributed by atoms with E-state index in [1.165, 1.54) is 26.1 Å². The number of nitrogens with one attached hydrogen (secondary N) is 1. The molecule has 0 aromatic heterocycles. The number of hydrogen-bond donors (Lipinski definition) is 2. The van der Waals surface area contributed by atoms with Gasteiger partial charge in [-0.2, -0.15) is 0 Å². The number of esters is 2. The van der Waals surface area contributed by atoms with E-state index in [-0.39, 0.29) is 11.3 Å². The van der Waals surface area contributed by atoms with E-state index < -0.39 is 17.7 Å². The van der Waals surface area contributed by atoms with Crippen LogP contribution in [-0.4, -0.2) is 22.8 Å². The van der Waals surface area contributed by atoms with Gasteiger partial charge in [-0.25, -0.2) is 9.59 Å². The van der Waals surface area contributed by atoms with Crippen LogP contribution in [0.2, 0.25) is 0 Å². The van der Waals surface area contributed by atoms with Gasteiger partial charge in [0.15, 0.2) is 5.57 Å². The summed E-state index contributed by atoms with van der Waals surface area (Å²) in [5.41, 5.74) is 0.123. The van der Waals surface area contributed by atoms with Crippen molar-refractivity contribution in [2.75, 3.05) is 5.32 Å². The molecule has 118 valence electrons. The number of phenols is 1. The predicted octanol–water partition coefficient (Wildman–Crippen LogP) is 2.68. The molecule has 2 N–H and O–H groups in total. The number of carbonyl (C=O) groups excluding carboxylic acids is 2. The summed E-state index contributed by atoms with van der Waals surface area (Å²) in [5, 5.41) is 14.5. The first kappa shape index (κ1) is 14.9. The summed E-state index contributed by atoms with van der Waals surface area (Å²) in [4.78, 5) is 23.8. The van der Waals surface area contributed by atoms with Crippen molar-refractivity contribution in [3.63, 3.8) is 0 Å². The Morgan fingerprint density at radius 3 is 2.39 bits per heavy atom. The molecule has 1 heterocycles. The molecule has 0 bridgehead atoms. The Kier molecular flexibility index (Phi) is 3.44. The van der Waals surface area contributed by atoms with Crippen molar-refractivity contribution < 1.29 is 24.2 Å². The number of aromatic hydroxyl groups is 1. The van der Waals surface area contributed by atoms with Gasteiger partial charge in [0.2, 0.25) is 0 Å². The summed E-state index contributed by atoms with van der Waals surface area (Å²) in [7, 11) is 0. The molecule has 0 radical (unpaired) electrons. The van der Waals surface area contributed by atoms with Gasteiger partial charge >= 0.3 is 11.9 Å². The SMILES string of the molecule is CC1(C)OC(=O)C(=CNc2c(O)ccc3ccccc23)C(=O)O1. The zero-order chi connectivity index (χ0) is 16.6. The van der Waals surface area contributed by atoms with Gasteiger partial charge in [0.25, 0.3) is 5.79 Å². The quantitative estimate of drug-likeness (QED) is 0.384. The van der Waals surface area contributed by atoms with Crippen molar-refractivity contribution in [2.45, 2.75) is 19.6 Å². The summed E-state index contributed by atoms with van der Waals surface area (Å²) < 4.78 is 10.0. The zero-order valence-corrected chi connectivity index (χ0v) is 12.6. The van der Waals surface area contributed by atoms with Crippen LogP contribution in [0.25, 0.3) is 10.8 Å². The minimum Gasteiger partial charge on any atom is -0.506 e. The molecule has 1 aliphatic heterocycles. The fourth-order valence-electron chi connectivity index (χ4n) is 2.33. The smallest absolute Gasteiger partial charge is 0.350 e. The predicted molar refractivity (Wildman–Crippen MR) is 83.6 cm³/mol. The average molecular weight is 313 g/mol. The van der Waals surface area contributed by atoms with Crippen LogP contribution in [0.1, 0.15) is 13.8 Å². The van der Waals surface area contributed by atoms with Gasteiger partial charge in [-0.1, -0.05) is 30.3 Å². The lowest BCUT2D eigenvalue weighted by molar-refractivity contribution is -0.222. The van der Waals surface area contributed by atoms with E-state index in [1.54, 1.807) is 6.07 Å². The molecule has 1 saturated heterocycles. The number of hydrogen-bond acceptors (Lipinski definition) is 6. The molecule has 23 heavy (non-hydrogen) atoms. The third-order valence-corrected chi connectivity index (χ3v) is 3.38. The lowest BCUT2D eigenvalue weighted by Gasteiger charge is -2.29. The topological polar surface area (TPSA) is 84.9 Å². The largest absolute Gasteiger partial charge is 0.506 e. The Hall–Kier alpha value is -3.02. The molecule has 0 amide bonds. The van der Waals surface area contributed by atoms with E-state index in [9.17, 15) is 14.7 Å². The molecule has 0 spiro atoms. The van der Waals surface area contributed by atoms with Crippen LogP contribution in [0.15, 0.2) is 48.2 Å². The molecule has 2 aromatic rings. The molecule has 0 saturated carbocycles. The van der Waals surface area contributed by atoms with Gasteiger partial charge in [0.05, 0.1) is 5.69 Å². The summed E-state index contributed by atoms with van der Waals surface area (Å²) in [5.74, 6) is -2.84. The van der Waals surface area contributed by atoms with Crippen molar-refractivity contribution in [1.29, 1.82) is 0 Å². The highest BCUT2D eigenvalue weighted by Crippen LogP contribution is 2.32. The normalized spacial score (nSPS) is 16.7. The van der Waals surface area contributed by atoms with Crippen molar-refractivity contribution in [3.8, 4) is 5.75 Å². The van der Waals surface area contributed by atoms with Crippen LogP contribution >= 0.6 is 0 Å². The molecular weight excluding hydrogens is 298 g/mol. The lowest BCUT2D eigenvalue weighted by atomic mass is 10.1. The molecule has 1 aliphatic rings.